The van der Waals surface area contributed by atoms with E-state index in [0.717, 1.165) is 11.1 Å². The van der Waals surface area contributed by atoms with Gasteiger partial charge in [-0.25, -0.2) is 0 Å². The van der Waals surface area contributed by atoms with E-state index in [1.54, 1.807) is 12.1 Å². The molecule has 5 heteroatoms. The van der Waals surface area contributed by atoms with Crippen LogP contribution in [-0.2, 0) is 18.0 Å². The first-order valence-corrected chi connectivity index (χ1v) is 7.00. The SMILES string of the molecule is O=C(Cl)c1c(Cl)cc(COCc2ccccc2)cc1Cl. The van der Waals surface area contributed by atoms with E-state index in [1.165, 1.54) is 0 Å². The van der Waals surface area contributed by atoms with Crippen molar-refractivity contribution in [2.24, 2.45) is 0 Å². The lowest BCUT2D eigenvalue weighted by atomic mass is 10.1. The Morgan fingerprint density at radius 1 is 0.950 bits per heavy atom. The predicted octanol–water partition coefficient (Wildman–Crippen LogP) is 5.09. The fourth-order valence-electron chi connectivity index (χ4n) is 1.76. The molecule has 0 unspecified atom stereocenters. The lowest BCUT2D eigenvalue weighted by molar-refractivity contribution is 0.106. The molecule has 0 radical (unpaired) electrons. The molecule has 0 fully saturated rings. The van der Waals surface area contributed by atoms with Crippen LogP contribution in [0.15, 0.2) is 42.5 Å². The predicted molar refractivity (Wildman–Crippen MR) is 81.6 cm³/mol. The van der Waals surface area contributed by atoms with Gasteiger partial charge in [0.1, 0.15) is 0 Å². The highest BCUT2D eigenvalue weighted by Gasteiger charge is 2.14. The molecule has 104 valence electrons. The zero-order valence-electron chi connectivity index (χ0n) is 10.4. The Morgan fingerprint density at radius 2 is 1.50 bits per heavy atom. The van der Waals surface area contributed by atoms with Crippen LogP contribution in [0.3, 0.4) is 0 Å². The zero-order valence-corrected chi connectivity index (χ0v) is 12.7. The van der Waals surface area contributed by atoms with Gasteiger partial charge in [-0.2, -0.15) is 0 Å². The molecule has 0 N–H and O–H groups in total. The molecule has 0 aromatic heterocycles. The molecule has 0 amide bonds. The van der Waals surface area contributed by atoms with E-state index >= 15 is 0 Å². The third-order valence-electron chi connectivity index (χ3n) is 2.68. The zero-order chi connectivity index (χ0) is 14.5. The molecule has 0 aliphatic rings. The van der Waals surface area contributed by atoms with Crippen LogP contribution in [0.2, 0.25) is 10.0 Å². The van der Waals surface area contributed by atoms with Crippen LogP contribution in [0, 0.1) is 0 Å². The molecule has 20 heavy (non-hydrogen) atoms. The highest BCUT2D eigenvalue weighted by Crippen LogP contribution is 2.28. The van der Waals surface area contributed by atoms with E-state index in [9.17, 15) is 4.79 Å². The minimum atomic E-state index is -0.670. The van der Waals surface area contributed by atoms with E-state index in [1.807, 2.05) is 30.3 Å². The maximum atomic E-state index is 11.2. The Hall–Kier alpha value is -1.06. The average Bonchev–Trinajstić information content (AvgIpc) is 2.38. The summed E-state index contributed by atoms with van der Waals surface area (Å²) >= 11 is 17.4. The van der Waals surface area contributed by atoms with Crippen molar-refractivity contribution in [2.45, 2.75) is 13.2 Å². The molecule has 0 aliphatic heterocycles. The van der Waals surface area contributed by atoms with E-state index in [0.29, 0.717) is 13.2 Å². The van der Waals surface area contributed by atoms with Crippen molar-refractivity contribution in [2.75, 3.05) is 0 Å². The number of hydrogen-bond acceptors (Lipinski definition) is 2. The van der Waals surface area contributed by atoms with Crippen molar-refractivity contribution in [1.29, 1.82) is 0 Å². The van der Waals surface area contributed by atoms with Crippen LogP contribution in [0.25, 0.3) is 0 Å². The van der Waals surface area contributed by atoms with E-state index in [-0.39, 0.29) is 15.6 Å². The second-order valence-corrected chi connectivity index (χ2v) is 5.34. The first-order chi connectivity index (χ1) is 9.58. The van der Waals surface area contributed by atoms with Crippen molar-refractivity contribution in [3.8, 4) is 0 Å². The van der Waals surface area contributed by atoms with E-state index < -0.39 is 5.24 Å². The fraction of sp³-hybridized carbons (Fsp3) is 0.133. The van der Waals surface area contributed by atoms with Gasteiger partial charge in [0.15, 0.2) is 0 Å². The summed E-state index contributed by atoms with van der Waals surface area (Å²) in [5.41, 5.74) is 2.00. The number of carbonyl (C=O) groups excluding carboxylic acids is 1. The first-order valence-electron chi connectivity index (χ1n) is 5.87. The number of benzene rings is 2. The smallest absolute Gasteiger partial charge is 0.255 e. The van der Waals surface area contributed by atoms with Gasteiger partial charge in [0.25, 0.3) is 5.24 Å². The lowest BCUT2D eigenvalue weighted by Crippen LogP contribution is -1.98. The Balaban J connectivity index is 2.02. The van der Waals surface area contributed by atoms with Gasteiger partial charge in [0.05, 0.1) is 28.8 Å². The average molecular weight is 330 g/mol. The molecule has 2 rings (SSSR count). The van der Waals surface area contributed by atoms with Crippen LogP contribution < -0.4 is 0 Å². The molecule has 0 aliphatic carbocycles. The Kier molecular flexibility index (Phi) is 5.44. The van der Waals surface area contributed by atoms with Gasteiger partial charge in [-0.3, -0.25) is 4.79 Å². The molecule has 0 spiro atoms. The summed E-state index contributed by atoms with van der Waals surface area (Å²) in [5.74, 6) is 0. The van der Waals surface area contributed by atoms with Gasteiger partial charge in [0.2, 0.25) is 0 Å². The minimum absolute atomic E-state index is 0.127. The topological polar surface area (TPSA) is 26.3 Å². The van der Waals surface area contributed by atoms with Crippen LogP contribution in [0.1, 0.15) is 21.5 Å². The summed E-state index contributed by atoms with van der Waals surface area (Å²) in [6.45, 7) is 0.845. The molecule has 0 heterocycles. The monoisotopic (exact) mass is 328 g/mol. The first kappa shape index (κ1) is 15.3. The van der Waals surface area contributed by atoms with E-state index in [2.05, 4.69) is 0 Å². The normalized spacial score (nSPS) is 10.6. The van der Waals surface area contributed by atoms with Crippen LogP contribution >= 0.6 is 34.8 Å². The standard InChI is InChI=1S/C15H11Cl3O2/c16-12-6-11(7-13(17)14(12)15(18)19)9-20-8-10-4-2-1-3-5-10/h1-7H,8-9H2. The van der Waals surface area contributed by atoms with Gasteiger partial charge in [-0.1, -0.05) is 53.5 Å². The van der Waals surface area contributed by atoms with Crippen LogP contribution in [-0.4, -0.2) is 5.24 Å². The molecule has 2 aromatic carbocycles. The number of halogens is 3. The van der Waals surface area contributed by atoms with E-state index in [4.69, 9.17) is 39.5 Å². The van der Waals surface area contributed by atoms with Gasteiger partial charge in [0, 0.05) is 0 Å². The van der Waals surface area contributed by atoms with Crippen molar-refractivity contribution in [3.63, 3.8) is 0 Å². The van der Waals surface area contributed by atoms with Gasteiger partial charge in [-0.05, 0) is 34.9 Å². The lowest BCUT2D eigenvalue weighted by Gasteiger charge is -2.08. The summed E-state index contributed by atoms with van der Waals surface area (Å²) in [6.07, 6.45) is 0. The second-order valence-electron chi connectivity index (χ2n) is 4.19. The molecule has 2 nitrogen and oxygen atoms in total. The maximum absolute atomic E-state index is 11.2. The fourth-order valence-corrected chi connectivity index (χ4v) is 2.76. The second kappa shape index (κ2) is 7.09. The van der Waals surface area contributed by atoms with Gasteiger partial charge >= 0.3 is 0 Å². The molecule has 2 aromatic rings. The number of ether oxygens (including phenoxy) is 1. The van der Waals surface area contributed by atoms with Crippen molar-refractivity contribution in [3.05, 3.63) is 69.2 Å². The maximum Gasteiger partial charge on any atom is 0.255 e. The Bertz CT molecular complexity index is 589. The molecule has 0 saturated carbocycles. The quantitative estimate of drug-likeness (QED) is 0.714. The van der Waals surface area contributed by atoms with Gasteiger partial charge < -0.3 is 4.74 Å². The minimum Gasteiger partial charge on any atom is -0.372 e. The summed E-state index contributed by atoms with van der Waals surface area (Å²) < 4.78 is 5.58. The third-order valence-corrected chi connectivity index (χ3v) is 3.46. The van der Waals surface area contributed by atoms with Crippen molar-refractivity contribution >= 4 is 40.0 Å². The highest BCUT2D eigenvalue weighted by atomic mass is 35.5. The third kappa shape index (κ3) is 3.97. The summed E-state index contributed by atoms with van der Waals surface area (Å²) in [6, 6.07) is 13.1. The molecule has 0 bridgehead atoms. The molecule has 0 saturated heterocycles. The summed E-state index contributed by atoms with van der Waals surface area (Å²) in [7, 11) is 0. The molecule has 0 atom stereocenters. The molecular formula is C15H11Cl3O2. The number of rotatable bonds is 5. The van der Waals surface area contributed by atoms with Crippen LogP contribution in [0.5, 0.6) is 0 Å². The molecular weight excluding hydrogens is 319 g/mol. The highest BCUT2D eigenvalue weighted by molar-refractivity contribution is 6.69. The Morgan fingerprint density at radius 3 is 2.05 bits per heavy atom. The van der Waals surface area contributed by atoms with Crippen molar-refractivity contribution < 1.29 is 9.53 Å². The van der Waals surface area contributed by atoms with Crippen molar-refractivity contribution in [1.82, 2.24) is 0 Å². The Labute approximate surface area is 132 Å². The largest absolute Gasteiger partial charge is 0.372 e. The number of hydrogen-bond donors (Lipinski definition) is 0. The summed E-state index contributed by atoms with van der Waals surface area (Å²) in [5, 5.41) is -0.205. The number of carbonyl (C=O) groups is 1. The summed E-state index contributed by atoms with van der Waals surface area (Å²) in [4.78, 5) is 11.2. The van der Waals surface area contributed by atoms with Crippen LogP contribution in [0.4, 0.5) is 0 Å². The van der Waals surface area contributed by atoms with Gasteiger partial charge in [-0.15, -0.1) is 0 Å².